The van der Waals surface area contributed by atoms with Crippen LogP contribution in [0, 0.1) is 5.82 Å². The van der Waals surface area contributed by atoms with Crippen LogP contribution in [0.15, 0.2) is 35.1 Å². The summed E-state index contributed by atoms with van der Waals surface area (Å²) in [6.07, 6.45) is 0. The Hall–Kier alpha value is -1.67. The van der Waals surface area contributed by atoms with Gasteiger partial charge in [-0.25, -0.2) is 9.37 Å². The Bertz CT molecular complexity index is 1060. The van der Waals surface area contributed by atoms with Gasteiger partial charge in [0, 0.05) is 6.54 Å². The molecule has 1 aromatic heterocycles. The van der Waals surface area contributed by atoms with Crippen molar-refractivity contribution in [1.29, 1.82) is 0 Å². The Morgan fingerprint density at radius 3 is 2.52 bits per heavy atom. The monoisotopic (exact) mass is 473 g/mol. The number of aromatic nitrogens is 2. The summed E-state index contributed by atoms with van der Waals surface area (Å²) in [6, 6.07) is 7.51. The Morgan fingerprint density at radius 2 is 1.89 bits per heavy atom. The molecule has 0 fully saturated rings. The highest BCUT2D eigenvalue weighted by Crippen LogP contribution is 2.34. The van der Waals surface area contributed by atoms with E-state index in [1.807, 2.05) is 11.9 Å². The number of phenols is 1. The molecule has 1 N–H and O–H groups in total. The van der Waals surface area contributed by atoms with Crippen molar-refractivity contribution in [2.24, 2.45) is 0 Å². The topological polar surface area (TPSA) is 58.4 Å². The summed E-state index contributed by atoms with van der Waals surface area (Å²) in [7, 11) is 1.85. The van der Waals surface area contributed by atoms with E-state index in [2.05, 4.69) is 20.9 Å². The van der Waals surface area contributed by atoms with Crippen molar-refractivity contribution in [2.45, 2.75) is 18.5 Å². The van der Waals surface area contributed by atoms with E-state index in [1.165, 1.54) is 22.8 Å². The van der Waals surface area contributed by atoms with Crippen molar-refractivity contribution in [1.82, 2.24) is 14.5 Å². The van der Waals surface area contributed by atoms with E-state index in [9.17, 15) is 14.3 Å². The van der Waals surface area contributed by atoms with Crippen LogP contribution >= 0.6 is 39.1 Å². The molecule has 27 heavy (non-hydrogen) atoms. The fourth-order valence-electron chi connectivity index (χ4n) is 2.79. The Kier molecular flexibility index (Phi) is 6.05. The van der Waals surface area contributed by atoms with Crippen molar-refractivity contribution in [2.75, 3.05) is 7.05 Å². The second kappa shape index (κ2) is 8.14. The molecule has 0 aliphatic rings. The normalized spacial score (nSPS) is 11.5. The zero-order chi connectivity index (χ0) is 19.7. The van der Waals surface area contributed by atoms with Gasteiger partial charge in [0.05, 0.1) is 27.4 Å². The molecule has 1 heterocycles. The lowest BCUT2D eigenvalue weighted by Gasteiger charge is -2.19. The Labute approximate surface area is 173 Å². The summed E-state index contributed by atoms with van der Waals surface area (Å²) in [5.74, 6) is -0.144. The van der Waals surface area contributed by atoms with Crippen molar-refractivity contribution >= 4 is 50.0 Å². The van der Waals surface area contributed by atoms with Crippen LogP contribution in [0.4, 0.5) is 4.39 Å². The number of alkyl halides is 1. The van der Waals surface area contributed by atoms with Crippen molar-refractivity contribution in [3.8, 4) is 5.75 Å². The maximum absolute atomic E-state index is 13.1. The molecule has 0 aliphatic heterocycles. The molecule has 0 bridgehead atoms. The number of phenolic OH excluding ortho intramolecular Hbond substituents is 1. The van der Waals surface area contributed by atoms with Crippen molar-refractivity contribution < 1.29 is 9.50 Å². The summed E-state index contributed by atoms with van der Waals surface area (Å²) in [4.78, 5) is 19.2. The molecule has 0 amide bonds. The second-order valence-electron chi connectivity index (χ2n) is 6.09. The van der Waals surface area contributed by atoms with Gasteiger partial charge in [0.1, 0.15) is 17.2 Å². The highest BCUT2D eigenvalue weighted by molar-refractivity contribution is 9.08. The van der Waals surface area contributed by atoms with E-state index < -0.39 is 0 Å². The second-order valence-corrected chi connectivity index (χ2v) is 7.41. The zero-order valence-corrected chi connectivity index (χ0v) is 17.3. The average molecular weight is 475 g/mol. The van der Waals surface area contributed by atoms with E-state index in [0.29, 0.717) is 18.9 Å². The van der Waals surface area contributed by atoms with Gasteiger partial charge in [-0.1, -0.05) is 51.3 Å². The highest BCUT2D eigenvalue weighted by Gasteiger charge is 2.19. The Balaban J connectivity index is 2.01. The molecule has 5 nitrogen and oxygen atoms in total. The van der Waals surface area contributed by atoms with Crippen LogP contribution in [-0.2, 0) is 18.5 Å². The number of hydrogen-bond donors (Lipinski definition) is 1. The lowest BCUT2D eigenvalue weighted by molar-refractivity contribution is 0.305. The quantitative estimate of drug-likeness (QED) is 0.552. The van der Waals surface area contributed by atoms with E-state index in [-0.39, 0.29) is 43.5 Å². The molecule has 0 aliphatic carbocycles. The number of aromatic hydroxyl groups is 1. The fourth-order valence-corrected chi connectivity index (χ4v) is 3.84. The van der Waals surface area contributed by atoms with Gasteiger partial charge in [-0.3, -0.25) is 14.3 Å². The molecule has 0 spiro atoms. The number of halogens is 4. The van der Waals surface area contributed by atoms with Crippen molar-refractivity contribution in [3.63, 3.8) is 0 Å². The number of fused-ring (bicyclic) bond motifs is 1. The van der Waals surface area contributed by atoms with Gasteiger partial charge in [0.15, 0.2) is 5.75 Å². The Morgan fingerprint density at radius 1 is 1.22 bits per heavy atom. The number of nitrogens with zero attached hydrogens (tertiary/aromatic N) is 3. The van der Waals surface area contributed by atoms with Gasteiger partial charge in [-0.15, -0.1) is 0 Å². The summed E-state index contributed by atoms with van der Waals surface area (Å²) in [5, 5.41) is 10.5. The van der Waals surface area contributed by atoms with Crippen LogP contribution in [0.1, 0.15) is 11.4 Å². The first-order chi connectivity index (χ1) is 12.8. The van der Waals surface area contributed by atoms with E-state index >= 15 is 0 Å². The summed E-state index contributed by atoms with van der Waals surface area (Å²) in [5.41, 5.74) is 0.828. The predicted octanol–water partition coefficient (Wildman–Crippen LogP) is 4.53. The molecule has 3 rings (SSSR count). The number of benzene rings is 2. The molecule has 142 valence electrons. The number of hydrogen-bond acceptors (Lipinski definition) is 4. The SMILES string of the molecule is CN(Cc1ccc(F)cc1)Cc1nc2c(O)c(Cl)cc(Cl)c2c(=O)n1CBr. The largest absolute Gasteiger partial charge is 0.504 e. The maximum Gasteiger partial charge on any atom is 0.263 e. The molecule has 0 saturated carbocycles. The first-order valence-corrected chi connectivity index (χ1v) is 9.79. The van der Waals surface area contributed by atoms with Crippen LogP contribution in [0.3, 0.4) is 0 Å². The minimum absolute atomic E-state index is 0.0293. The number of rotatable bonds is 5. The van der Waals surface area contributed by atoms with E-state index in [1.54, 1.807) is 12.1 Å². The fraction of sp³-hybridized carbons (Fsp3) is 0.222. The standard InChI is InChI=1S/C18H15BrCl2FN3O2/c1-24(7-10-2-4-11(22)5-3-10)8-14-23-16-15(18(27)25(14)9-19)12(20)6-13(21)17(16)26/h2-6,26H,7-9H2,1H3. The first-order valence-electron chi connectivity index (χ1n) is 7.91. The van der Waals surface area contributed by atoms with Gasteiger partial charge in [0.2, 0.25) is 0 Å². The minimum atomic E-state index is -0.376. The van der Waals surface area contributed by atoms with Gasteiger partial charge >= 0.3 is 0 Å². The molecular formula is C18H15BrCl2FN3O2. The van der Waals surface area contributed by atoms with E-state index in [0.717, 1.165) is 5.56 Å². The van der Waals surface area contributed by atoms with Gasteiger partial charge in [-0.2, -0.15) is 0 Å². The molecule has 9 heteroatoms. The molecular weight excluding hydrogens is 460 g/mol. The van der Waals surface area contributed by atoms with Gasteiger partial charge in [-0.05, 0) is 30.8 Å². The maximum atomic E-state index is 13.1. The lowest BCUT2D eigenvalue weighted by Crippen LogP contribution is -2.28. The molecule has 0 atom stereocenters. The smallest absolute Gasteiger partial charge is 0.263 e. The summed E-state index contributed by atoms with van der Waals surface area (Å²) >= 11 is 15.4. The third-order valence-corrected chi connectivity index (χ3v) is 5.18. The zero-order valence-electron chi connectivity index (χ0n) is 14.2. The third kappa shape index (κ3) is 4.11. The van der Waals surface area contributed by atoms with Crippen LogP contribution in [0.2, 0.25) is 10.0 Å². The van der Waals surface area contributed by atoms with Crippen LogP contribution in [-0.4, -0.2) is 26.6 Å². The minimum Gasteiger partial charge on any atom is -0.504 e. The summed E-state index contributed by atoms with van der Waals surface area (Å²) < 4.78 is 14.5. The third-order valence-electron chi connectivity index (χ3n) is 4.09. The molecule has 0 radical (unpaired) electrons. The van der Waals surface area contributed by atoms with Crippen LogP contribution < -0.4 is 5.56 Å². The molecule has 3 aromatic rings. The first kappa shape index (κ1) is 20.1. The van der Waals surface area contributed by atoms with E-state index in [4.69, 9.17) is 23.2 Å². The van der Waals surface area contributed by atoms with Gasteiger partial charge in [0.25, 0.3) is 5.56 Å². The average Bonchev–Trinajstić information content (AvgIpc) is 2.61. The summed E-state index contributed by atoms with van der Waals surface area (Å²) in [6.45, 7) is 0.844. The van der Waals surface area contributed by atoms with Gasteiger partial charge < -0.3 is 5.11 Å². The van der Waals surface area contributed by atoms with Crippen molar-refractivity contribution in [3.05, 3.63) is 67.9 Å². The highest BCUT2D eigenvalue weighted by atomic mass is 79.9. The predicted molar refractivity (Wildman–Crippen MR) is 108 cm³/mol. The lowest BCUT2D eigenvalue weighted by atomic mass is 10.2. The van der Waals surface area contributed by atoms with Crippen LogP contribution in [0.25, 0.3) is 10.9 Å². The molecule has 0 unspecified atom stereocenters. The molecule has 0 saturated heterocycles. The van der Waals surface area contributed by atoms with Crippen LogP contribution in [0.5, 0.6) is 5.75 Å². The molecule has 2 aromatic carbocycles.